The number of aromatic nitrogens is 1. The van der Waals surface area contributed by atoms with Gasteiger partial charge in [0.2, 0.25) is 0 Å². The van der Waals surface area contributed by atoms with Gasteiger partial charge in [0.05, 0.1) is 7.11 Å². The van der Waals surface area contributed by atoms with Crippen LogP contribution >= 0.6 is 0 Å². The Labute approximate surface area is 153 Å². The molecular formula is C20H23N3O3. The molecule has 2 heterocycles. The van der Waals surface area contributed by atoms with Gasteiger partial charge in [0.1, 0.15) is 11.4 Å². The quantitative estimate of drug-likeness (QED) is 0.662. The van der Waals surface area contributed by atoms with E-state index in [0.717, 1.165) is 34.8 Å². The van der Waals surface area contributed by atoms with Crippen LogP contribution in [0, 0.1) is 13.8 Å². The van der Waals surface area contributed by atoms with E-state index in [0.29, 0.717) is 12.2 Å². The number of carbonyl (C=O) groups excluding carboxylic acids is 2. The molecule has 136 valence electrons. The maximum atomic E-state index is 12.4. The number of rotatable bonds is 5. The molecule has 1 aromatic heterocycles. The van der Waals surface area contributed by atoms with E-state index in [1.165, 1.54) is 4.90 Å². The number of imide groups is 1. The second-order valence-electron chi connectivity index (χ2n) is 6.31. The van der Waals surface area contributed by atoms with Crippen molar-refractivity contribution in [1.29, 1.82) is 0 Å². The van der Waals surface area contributed by atoms with Crippen molar-refractivity contribution in [3.63, 3.8) is 0 Å². The second-order valence-corrected chi connectivity index (χ2v) is 6.31. The van der Waals surface area contributed by atoms with Gasteiger partial charge < -0.3 is 14.6 Å². The number of methoxy groups -OCH3 is 1. The lowest BCUT2D eigenvalue weighted by molar-refractivity contribution is -0.122. The number of aryl methyl sites for hydroxylation is 1. The van der Waals surface area contributed by atoms with Crippen LogP contribution in [0.3, 0.4) is 0 Å². The monoisotopic (exact) mass is 353 g/mol. The Hall–Kier alpha value is -3.02. The molecule has 3 amide bonds. The van der Waals surface area contributed by atoms with Crippen molar-refractivity contribution in [2.24, 2.45) is 0 Å². The smallest absolute Gasteiger partial charge is 0.329 e. The molecule has 0 radical (unpaired) electrons. The molecule has 3 rings (SSSR count). The predicted octanol–water partition coefficient (Wildman–Crippen LogP) is 3.41. The Morgan fingerprint density at radius 1 is 1.19 bits per heavy atom. The second kappa shape index (κ2) is 7.07. The summed E-state index contributed by atoms with van der Waals surface area (Å²) < 4.78 is 7.41. The summed E-state index contributed by atoms with van der Waals surface area (Å²) >= 11 is 0. The molecule has 0 saturated carbocycles. The molecule has 1 saturated heterocycles. The van der Waals surface area contributed by atoms with Crippen LogP contribution in [0.2, 0.25) is 0 Å². The fraction of sp³-hybridized carbons (Fsp3) is 0.300. The lowest BCUT2D eigenvalue weighted by atomic mass is 10.2. The molecule has 6 heteroatoms. The molecule has 0 unspecified atom stereocenters. The molecule has 26 heavy (non-hydrogen) atoms. The standard InChI is InChI=1S/C20H23N3O3/c1-5-9-22-19(24)18(21-20(22)25)11-15-10-13(2)23(14(15)3)16-7-6-8-17(12-16)26-4/h6-8,10-12H,5,9H2,1-4H3,(H,21,25)/b18-11-. The number of nitrogens with zero attached hydrogens (tertiary/aromatic N) is 2. The van der Waals surface area contributed by atoms with Gasteiger partial charge in [-0.25, -0.2) is 4.79 Å². The molecule has 1 aromatic carbocycles. The summed E-state index contributed by atoms with van der Waals surface area (Å²) in [6.45, 7) is 6.35. The fourth-order valence-electron chi connectivity index (χ4n) is 3.23. The van der Waals surface area contributed by atoms with Crippen LogP contribution in [0.1, 0.15) is 30.3 Å². The fourth-order valence-corrected chi connectivity index (χ4v) is 3.23. The molecular weight excluding hydrogens is 330 g/mol. The van der Waals surface area contributed by atoms with Gasteiger partial charge in [-0.05, 0) is 50.1 Å². The van der Waals surface area contributed by atoms with Crippen LogP contribution in [-0.4, -0.2) is 35.1 Å². The highest BCUT2D eigenvalue weighted by Crippen LogP contribution is 2.25. The van der Waals surface area contributed by atoms with E-state index in [2.05, 4.69) is 9.88 Å². The van der Waals surface area contributed by atoms with Crippen LogP contribution in [0.15, 0.2) is 36.0 Å². The minimum absolute atomic E-state index is 0.275. The number of hydrogen-bond acceptors (Lipinski definition) is 3. The van der Waals surface area contributed by atoms with Crippen molar-refractivity contribution in [1.82, 2.24) is 14.8 Å². The van der Waals surface area contributed by atoms with Gasteiger partial charge >= 0.3 is 6.03 Å². The third kappa shape index (κ3) is 3.10. The first kappa shape index (κ1) is 17.8. The highest BCUT2D eigenvalue weighted by molar-refractivity contribution is 6.14. The molecule has 1 fully saturated rings. The van der Waals surface area contributed by atoms with Crippen LogP contribution in [0.5, 0.6) is 5.75 Å². The summed E-state index contributed by atoms with van der Waals surface area (Å²) in [6.07, 6.45) is 2.48. The Kier molecular flexibility index (Phi) is 4.84. The Balaban J connectivity index is 1.98. The summed E-state index contributed by atoms with van der Waals surface area (Å²) in [5.74, 6) is 0.506. The maximum absolute atomic E-state index is 12.4. The molecule has 0 aliphatic carbocycles. The maximum Gasteiger partial charge on any atom is 0.329 e. The topological polar surface area (TPSA) is 63.6 Å². The van der Waals surface area contributed by atoms with Gasteiger partial charge in [-0.15, -0.1) is 0 Å². The Morgan fingerprint density at radius 3 is 2.65 bits per heavy atom. The number of carbonyl (C=O) groups is 2. The van der Waals surface area contributed by atoms with E-state index in [1.54, 1.807) is 13.2 Å². The van der Waals surface area contributed by atoms with Gasteiger partial charge in [0.25, 0.3) is 5.91 Å². The van der Waals surface area contributed by atoms with Gasteiger partial charge in [-0.3, -0.25) is 9.69 Å². The van der Waals surface area contributed by atoms with Crippen molar-refractivity contribution in [3.05, 3.63) is 53.0 Å². The molecule has 1 N–H and O–H groups in total. The molecule has 1 aliphatic heterocycles. The van der Waals surface area contributed by atoms with E-state index in [1.807, 2.05) is 51.1 Å². The third-order valence-corrected chi connectivity index (χ3v) is 4.49. The van der Waals surface area contributed by atoms with Crippen molar-refractivity contribution in [3.8, 4) is 11.4 Å². The van der Waals surface area contributed by atoms with E-state index < -0.39 is 0 Å². The summed E-state index contributed by atoms with van der Waals surface area (Å²) in [5, 5.41) is 2.67. The highest BCUT2D eigenvalue weighted by atomic mass is 16.5. The number of nitrogens with one attached hydrogen (secondary N) is 1. The van der Waals surface area contributed by atoms with E-state index in [9.17, 15) is 9.59 Å². The molecule has 0 bridgehead atoms. The Morgan fingerprint density at radius 2 is 1.96 bits per heavy atom. The zero-order valence-corrected chi connectivity index (χ0v) is 15.5. The minimum Gasteiger partial charge on any atom is -0.497 e. The third-order valence-electron chi connectivity index (χ3n) is 4.49. The summed E-state index contributed by atoms with van der Waals surface area (Å²) in [5.41, 5.74) is 4.21. The zero-order valence-electron chi connectivity index (χ0n) is 15.5. The normalized spacial score (nSPS) is 15.7. The summed E-state index contributed by atoms with van der Waals surface area (Å²) in [7, 11) is 1.64. The summed E-state index contributed by atoms with van der Waals surface area (Å²) in [4.78, 5) is 25.6. The van der Waals surface area contributed by atoms with Crippen LogP contribution in [-0.2, 0) is 4.79 Å². The number of hydrogen-bond donors (Lipinski definition) is 1. The molecule has 1 aliphatic rings. The first-order valence-corrected chi connectivity index (χ1v) is 8.64. The number of amides is 3. The van der Waals surface area contributed by atoms with E-state index in [-0.39, 0.29) is 11.9 Å². The zero-order chi connectivity index (χ0) is 18.8. The largest absolute Gasteiger partial charge is 0.497 e. The average molecular weight is 353 g/mol. The molecule has 6 nitrogen and oxygen atoms in total. The van der Waals surface area contributed by atoms with E-state index in [4.69, 9.17) is 4.74 Å². The lowest BCUT2D eigenvalue weighted by Gasteiger charge is -2.11. The highest BCUT2D eigenvalue weighted by Gasteiger charge is 2.32. The average Bonchev–Trinajstić information content (AvgIpc) is 3.05. The van der Waals surface area contributed by atoms with Crippen molar-refractivity contribution >= 4 is 18.0 Å². The molecule has 0 atom stereocenters. The van der Waals surface area contributed by atoms with E-state index >= 15 is 0 Å². The SMILES string of the molecule is CCCN1C(=O)N/C(=C\c2cc(C)n(-c3cccc(OC)c3)c2C)C1=O. The first-order valence-electron chi connectivity index (χ1n) is 8.64. The number of benzene rings is 1. The Bertz CT molecular complexity index is 896. The van der Waals surface area contributed by atoms with Crippen molar-refractivity contribution in [2.45, 2.75) is 27.2 Å². The van der Waals surface area contributed by atoms with Gasteiger partial charge in [-0.2, -0.15) is 0 Å². The molecule has 0 spiro atoms. The predicted molar refractivity (Wildman–Crippen MR) is 100 cm³/mol. The van der Waals surface area contributed by atoms with Crippen molar-refractivity contribution in [2.75, 3.05) is 13.7 Å². The van der Waals surface area contributed by atoms with Crippen molar-refractivity contribution < 1.29 is 14.3 Å². The number of ether oxygens (including phenoxy) is 1. The van der Waals surface area contributed by atoms with Crippen LogP contribution in [0.25, 0.3) is 11.8 Å². The van der Waals surface area contributed by atoms with Crippen LogP contribution in [0.4, 0.5) is 4.79 Å². The van der Waals surface area contributed by atoms with Gasteiger partial charge in [-0.1, -0.05) is 13.0 Å². The first-order chi connectivity index (χ1) is 12.5. The van der Waals surface area contributed by atoms with Crippen LogP contribution < -0.4 is 10.1 Å². The lowest BCUT2D eigenvalue weighted by Crippen LogP contribution is -2.31. The minimum atomic E-state index is -0.357. The number of urea groups is 1. The van der Waals surface area contributed by atoms with Gasteiger partial charge in [0.15, 0.2) is 0 Å². The molecule has 2 aromatic rings. The van der Waals surface area contributed by atoms with Gasteiger partial charge in [0, 0.05) is 29.7 Å². The summed E-state index contributed by atoms with van der Waals surface area (Å²) in [6, 6.07) is 9.45.